The maximum Gasteiger partial charge on any atom is 0.152 e. The van der Waals surface area contributed by atoms with Crippen molar-refractivity contribution in [2.75, 3.05) is 7.05 Å². The maximum atomic E-state index is 11.7. The van der Waals surface area contributed by atoms with Crippen LogP contribution in [0.3, 0.4) is 0 Å². The second-order valence-corrected chi connectivity index (χ2v) is 3.71. The van der Waals surface area contributed by atoms with Crippen LogP contribution >= 0.6 is 0 Å². The number of nitrogens with one attached hydrogen (secondary N) is 2. The van der Waals surface area contributed by atoms with Gasteiger partial charge in [0.1, 0.15) is 0 Å². The van der Waals surface area contributed by atoms with Gasteiger partial charge in [-0.15, -0.1) is 0 Å². The SMILES string of the molecule is CN[C@@H](Cc1cn[nH]c1)C(=O)C(C)C. The van der Waals surface area contributed by atoms with Gasteiger partial charge >= 0.3 is 0 Å². The molecule has 1 rings (SSSR count). The van der Waals surface area contributed by atoms with Crippen LogP contribution in [0.1, 0.15) is 19.4 Å². The lowest BCUT2D eigenvalue weighted by Gasteiger charge is -2.15. The number of rotatable bonds is 5. The number of aromatic nitrogens is 2. The zero-order valence-corrected chi connectivity index (χ0v) is 8.87. The molecule has 0 fully saturated rings. The Balaban J connectivity index is 2.60. The van der Waals surface area contributed by atoms with E-state index in [9.17, 15) is 4.79 Å². The zero-order chi connectivity index (χ0) is 10.6. The predicted molar refractivity (Wildman–Crippen MR) is 55.0 cm³/mol. The van der Waals surface area contributed by atoms with E-state index in [0.717, 1.165) is 5.56 Å². The number of Topliss-reactive ketones (excluding diaryl/α,β-unsaturated/α-hetero) is 1. The molecule has 0 saturated heterocycles. The first kappa shape index (κ1) is 10.9. The first-order chi connectivity index (χ1) is 6.65. The van der Waals surface area contributed by atoms with Gasteiger partial charge in [-0.05, 0) is 19.0 Å². The molecular formula is C10H17N3O. The Morgan fingerprint density at radius 2 is 2.36 bits per heavy atom. The highest BCUT2D eigenvalue weighted by molar-refractivity contribution is 5.85. The Bertz CT molecular complexity index is 280. The number of aromatic amines is 1. The molecule has 14 heavy (non-hydrogen) atoms. The van der Waals surface area contributed by atoms with Crippen LogP contribution in [0.5, 0.6) is 0 Å². The molecule has 1 atom stereocenters. The van der Waals surface area contributed by atoms with Gasteiger partial charge in [0.15, 0.2) is 5.78 Å². The third-order valence-corrected chi connectivity index (χ3v) is 2.26. The van der Waals surface area contributed by atoms with E-state index < -0.39 is 0 Å². The molecule has 1 heterocycles. The average Bonchev–Trinajstić information content (AvgIpc) is 2.65. The molecule has 0 unspecified atom stereocenters. The van der Waals surface area contributed by atoms with Crippen molar-refractivity contribution < 1.29 is 4.79 Å². The Morgan fingerprint density at radius 3 is 2.79 bits per heavy atom. The smallest absolute Gasteiger partial charge is 0.152 e. The molecule has 0 amide bonds. The molecule has 0 aromatic carbocycles. The van der Waals surface area contributed by atoms with Crippen molar-refractivity contribution in [1.82, 2.24) is 15.5 Å². The van der Waals surface area contributed by atoms with E-state index >= 15 is 0 Å². The van der Waals surface area contributed by atoms with Crippen molar-refractivity contribution in [2.24, 2.45) is 5.92 Å². The van der Waals surface area contributed by atoms with Crippen molar-refractivity contribution >= 4 is 5.78 Å². The number of nitrogens with zero attached hydrogens (tertiary/aromatic N) is 1. The highest BCUT2D eigenvalue weighted by atomic mass is 16.1. The van der Waals surface area contributed by atoms with E-state index in [4.69, 9.17) is 0 Å². The van der Waals surface area contributed by atoms with Gasteiger partial charge in [0, 0.05) is 12.1 Å². The Hall–Kier alpha value is -1.16. The summed E-state index contributed by atoms with van der Waals surface area (Å²) in [4.78, 5) is 11.7. The summed E-state index contributed by atoms with van der Waals surface area (Å²) in [6, 6.07) is -0.104. The Labute approximate surface area is 84.1 Å². The van der Waals surface area contributed by atoms with Gasteiger partial charge in [0.2, 0.25) is 0 Å². The minimum Gasteiger partial charge on any atom is -0.310 e. The van der Waals surface area contributed by atoms with Gasteiger partial charge in [-0.2, -0.15) is 5.10 Å². The van der Waals surface area contributed by atoms with Gasteiger partial charge in [0.25, 0.3) is 0 Å². The molecule has 78 valence electrons. The van der Waals surface area contributed by atoms with Crippen molar-refractivity contribution in [2.45, 2.75) is 26.3 Å². The summed E-state index contributed by atoms with van der Waals surface area (Å²) < 4.78 is 0. The van der Waals surface area contributed by atoms with Gasteiger partial charge in [0.05, 0.1) is 12.2 Å². The standard InChI is InChI=1S/C10H17N3O/c1-7(2)10(14)9(11-3)4-8-5-12-13-6-8/h5-7,9,11H,4H2,1-3H3,(H,12,13)/t9-/m0/s1. The fraction of sp³-hybridized carbons (Fsp3) is 0.600. The minimum atomic E-state index is -0.104. The molecule has 4 heteroatoms. The molecule has 4 nitrogen and oxygen atoms in total. The molecule has 0 aliphatic heterocycles. The summed E-state index contributed by atoms with van der Waals surface area (Å²) in [5.74, 6) is 0.313. The monoisotopic (exact) mass is 195 g/mol. The number of H-pyrrole nitrogens is 1. The average molecular weight is 195 g/mol. The highest BCUT2D eigenvalue weighted by Crippen LogP contribution is 2.06. The minimum absolute atomic E-state index is 0.0688. The van der Waals surface area contributed by atoms with E-state index in [1.54, 1.807) is 6.20 Å². The summed E-state index contributed by atoms with van der Waals surface area (Å²) >= 11 is 0. The van der Waals surface area contributed by atoms with Crippen molar-refractivity contribution in [3.05, 3.63) is 18.0 Å². The second kappa shape index (κ2) is 4.91. The van der Waals surface area contributed by atoms with Crippen LogP contribution < -0.4 is 5.32 Å². The molecule has 0 radical (unpaired) electrons. The van der Waals surface area contributed by atoms with E-state index in [-0.39, 0.29) is 17.7 Å². The fourth-order valence-electron chi connectivity index (χ4n) is 1.37. The largest absolute Gasteiger partial charge is 0.310 e. The second-order valence-electron chi connectivity index (χ2n) is 3.71. The van der Waals surface area contributed by atoms with Crippen molar-refractivity contribution in [3.8, 4) is 0 Å². The van der Waals surface area contributed by atoms with Crippen LogP contribution in [0.4, 0.5) is 0 Å². The van der Waals surface area contributed by atoms with E-state index in [2.05, 4.69) is 15.5 Å². The lowest BCUT2D eigenvalue weighted by molar-refractivity contribution is -0.123. The van der Waals surface area contributed by atoms with Crippen LogP contribution in [-0.4, -0.2) is 29.1 Å². The number of ketones is 1. The Morgan fingerprint density at radius 1 is 1.64 bits per heavy atom. The molecule has 0 saturated carbocycles. The number of carbonyl (C=O) groups excluding carboxylic acids is 1. The number of hydrogen-bond donors (Lipinski definition) is 2. The predicted octanol–water partition coefficient (Wildman–Crippen LogP) is 0.765. The quantitative estimate of drug-likeness (QED) is 0.729. The number of likely N-dealkylation sites (N-methyl/N-ethyl adjacent to an activating group) is 1. The molecule has 2 N–H and O–H groups in total. The van der Waals surface area contributed by atoms with Gasteiger partial charge in [-0.1, -0.05) is 13.8 Å². The van der Waals surface area contributed by atoms with Gasteiger partial charge < -0.3 is 5.32 Å². The molecule has 1 aromatic heterocycles. The highest BCUT2D eigenvalue weighted by Gasteiger charge is 2.19. The topological polar surface area (TPSA) is 57.8 Å². The molecular weight excluding hydrogens is 178 g/mol. The first-order valence-corrected chi connectivity index (χ1v) is 4.83. The van der Waals surface area contributed by atoms with E-state index in [1.807, 2.05) is 27.1 Å². The first-order valence-electron chi connectivity index (χ1n) is 4.83. The summed E-state index contributed by atoms with van der Waals surface area (Å²) in [5, 5.41) is 9.62. The van der Waals surface area contributed by atoms with E-state index in [1.165, 1.54) is 0 Å². The lowest BCUT2D eigenvalue weighted by atomic mass is 9.97. The summed E-state index contributed by atoms with van der Waals surface area (Å²) in [6.07, 6.45) is 4.26. The zero-order valence-electron chi connectivity index (χ0n) is 8.87. The maximum absolute atomic E-state index is 11.7. The molecule has 0 aliphatic carbocycles. The third-order valence-electron chi connectivity index (χ3n) is 2.26. The Kier molecular flexibility index (Phi) is 3.83. The number of carbonyl (C=O) groups is 1. The lowest BCUT2D eigenvalue weighted by Crippen LogP contribution is -2.38. The summed E-state index contributed by atoms with van der Waals surface area (Å²) in [5.41, 5.74) is 1.05. The molecule has 1 aromatic rings. The van der Waals surface area contributed by atoms with Crippen LogP contribution in [0.2, 0.25) is 0 Å². The van der Waals surface area contributed by atoms with Crippen LogP contribution in [0.25, 0.3) is 0 Å². The molecule has 0 bridgehead atoms. The van der Waals surface area contributed by atoms with Crippen LogP contribution in [0, 0.1) is 5.92 Å². The summed E-state index contributed by atoms with van der Waals surface area (Å²) in [6.45, 7) is 3.84. The molecule has 0 spiro atoms. The van der Waals surface area contributed by atoms with Crippen LogP contribution in [0.15, 0.2) is 12.4 Å². The molecule has 0 aliphatic rings. The normalized spacial score (nSPS) is 13.1. The van der Waals surface area contributed by atoms with Gasteiger partial charge in [-0.3, -0.25) is 9.89 Å². The fourth-order valence-corrected chi connectivity index (χ4v) is 1.37. The summed E-state index contributed by atoms with van der Waals surface area (Å²) in [7, 11) is 1.81. The van der Waals surface area contributed by atoms with Gasteiger partial charge in [-0.25, -0.2) is 0 Å². The van der Waals surface area contributed by atoms with E-state index in [0.29, 0.717) is 6.42 Å². The van der Waals surface area contributed by atoms with Crippen molar-refractivity contribution in [3.63, 3.8) is 0 Å². The van der Waals surface area contributed by atoms with Crippen LogP contribution in [-0.2, 0) is 11.2 Å². The van der Waals surface area contributed by atoms with Crippen molar-refractivity contribution in [1.29, 1.82) is 0 Å². The number of hydrogen-bond acceptors (Lipinski definition) is 3. The third kappa shape index (κ3) is 2.67.